The van der Waals surface area contributed by atoms with E-state index in [2.05, 4.69) is 11.0 Å². The first-order valence-corrected chi connectivity index (χ1v) is 6.77. The van der Waals surface area contributed by atoms with Gasteiger partial charge in [-0.1, -0.05) is 17.7 Å². The topological polar surface area (TPSA) is 62.3 Å². The van der Waals surface area contributed by atoms with Crippen molar-refractivity contribution >= 4 is 17.3 Å². The summed E-state index contributed by atoms with van der Waals surface area (Å²) < 4.78 is 5.41. The minimum atomic E-state index is 0.185. The van der Waals surface area contributed by atoms with Gasteiger partial charge in [-0.3, -0.25) is 0 Å². The molecule has 2 N–H and O–H groups in total. The number of nitriles is 1. The van der Waals surface area contributed by atoms with Crippen LogP contribution in [-0.2, 0) is 4.74 Å². The average Bonchev–Trinajstić information content (AvgIpc) is 2.46. The predicted octanol–water partition coefficient (Wildman–Crippen LogP) is 2.15. The van der Waals surface area contributed by atoms with E-state index < -0.39 is 0 Å². The number of nitrogens with zero attached hydrogens (tertiary/aromatic N) is 2. The Hall–Kier alpha value is -1.28. The van der Waals surface area contributed by atoms with Crippen LogP contribution >= 0.6 is 11.6 Å². The van der Waals surface area contributed by atoms with Crippen LogP contribution in [0.3, 0.4) is 0 Å². The first kappa shape index (κ1) is 14.1. The highest BCUT2D eigenvalue weighted by Gasteiger charge is 2.29. The molecule has 0 bridgehead atoms. The van der Waals surface area contributed by atoms with Gasteiger partial charge in [0.05, 0.1) is 22.4 Å². The molecule has 0 amide bonds. The molecule has 102 valence electrons. The van der Waals surface area contributed by atoms with Crippen LogP contribution in [0.1, 0.15) is 18.4 Å². The highest BCUT2D eigenvalue weighted by molar-refractivity contribution is 6.32. The number of nitrogens with two attached hydrogens (primary N) is 1. The number of benzene rings is 1. The first-order valence-electron chi connectivity index (χ1n) is 6.39. The van der Waals surface area contributed by atoms with E-state index in [0.717, 1.165) is 25.1 Å². The van der Waals surface area contributed by atoms with E-state index in [0.29, 0.717) is 17.1 Å². The quantitative estimate of drug-likeness (QED) is 0.921. The third-order valence-electron chi connectivity index (χ3n) is 3.69. The van der Waals surface area contributed by atoms with Gasteiger partial charge < -0.3 is 15.4 Å². The molecule has 1 aromatic carbocycles. The molecule has 0 saturated carbocycles. The monoisotopic (exact) mass is 279 g/mol. The fraction of sp³-hybridized carbons (Fsp3) is 0.500. The van der Waals surface area contributed by atoms with Gasteiger partial charge >= 0.3 is 0 Å². The molecule has 1 fully saturated rings. The summed E-state index contributed by atoms with van der Waals surface area (Å²) in [5.41, 5.74) is 7.27. The summed E-state index contributed by atoms with van der Waals surface area (Å²) in [7, 11) is 1.73. The van der Waals surface area contributed by atoms with Crippen molar-refractivity contribution in [1.29, 1.82) is 5.26 Å². The van der Waals surface area contributed by atoms with Crippen molar-refractivity contribution in [3.05, 3.63) is 28.8 Å². The molecule has 1 saturated heterocycles. The van der Waals surface area contributed by atoms with Crippen molar-refractivity contribution in [3.8, 4) is 6.07 Å². The van der Waals surface area contributed by atoms with E-state index in [1.165, 1.54) is 0 Å². The van der Waals surface area contributed by atoms with Crippen molar-refractivity contribution in [2.75, 3.05) is 25.1 Å². The maximum absolute atomic E-state index is 9.27. The Kier molecular flexibility index (Phi) is 4.65. The van der Waals surface area contributed by atoms with Gasteiger partial charge in [0, 0.05) is 26.2 Å². The van der Waals surface area contributed by atoms with Gasteiger partial charge in [-0.2, -0.15) is 5.26 Å². The van der Waals surface area contributed by atoms with Gasteiger partial charge in [-0.05, 0) is 25.0 Å². The van der Waals surface area contributed by atoms with Crippen molar-refractivity contribution in [1.82, 2.24) is 0 Å². The van der Waals surface area contributed by atoms with Crippen LogP contribution in [0.15, 0.2) is 18.2 Å². The summed E-state index contributed by atoms with van der Waals surface area (Å²) in [5, 5.41) is 9.76. The maximum atomic E-state index is 9.27. The molecule has 0 aromatic heterocycles. The number of piperidine rings is 1. The predicted molar refractivity (Wildman–Crippen MR) is 76.4 cm³/mol. The fourth-order valence-electron chi connectivity index (χ4n) is 2.63. The Bertz CT molecular complexity index is 486. The van der Waals surface area contributed by atoms with E-state index in [1.54, 1.807) is 13.2 Å². The molecule has 1 heterocycles. The second-order valence-electron chi connectivity index (χ2n) is 4.71. The zero-order valence-corrected chi connectivity index (χ0v) is 11.7. The van der Waals surface area contributed by atoms with Crippen molar-refractivity contribution < 1.29 is 4.74 Å². The standard InChI is InChI=1S/C14H18ClN3O/c1-19-11-5-6-18(10(7-11)8-16)14-4-2-3-13(15)12(14)9-17/h2-4,10-11H,5-8,16H2,1H3. The normalized spacial score (nSPS) is 23.2. The summed E-state index contributed by atoms with van der Waals surface area (Å²) in [6, 6.07) is 7.91. The van der Waals surface area contributed by atoms with E-state index in [1.807, 2.05) is 12.1 Å². The molecule has 19 heavy (non-hydrogen) atoms. The lowest BCUT2D eigenvalue weighted by atomic mass is 9.97. The SMILES string of the molecule is COC1CCN(c2cccc(Cl)c2C#N)C(CN)C1. The number of methoxy groups -OCH3 is 1. The zero-order chi connectivity index (χ0) is 13.8. The Morgan fingerprint density at radius 3 is 3.00 bits per heavy atom. The third kappa shape index (κ3) is 2.84. The zero-order valence-electron chi connectivity index (χ0n) is 11.0. The maximum Gasteiger partial charge on any atom is 0.103 e. The van der Waals surface area contributed by atoms with Gasteiger partial charge in [0.25, 0.3) is 0 Å². The highest BCUT2D eigenvalue weighted by atomic mass is 35.5. The van der Waals surface area contributed by atoms with Crippen LogP contribution in [0.25, 0.3) is 0 Å². The van der Waals surface area contributed by atoms with Crippen molar-refractivity contribution in [2.24, 2.45) is 5.73 Å². The minimum Gasteiger partial charge on any atom is -0.381 e. The molecule has 5 heteroatoms. The number of halogens is 1. The van der Waals surface area contributed by atoms with Gasteiger partial charge in [0.2, 0.25) is 0 Å². The van der Waals surface area contributed by atoms with Crippen LogP contribution < -0.4 is 10.6 Å². The van der Waals surface area contributed by atoms with Crippen LogP contribution in [-0.4, -0.2) is 32.3 Å². The number of rotatable bonds is 3. The first-order chi connectivity index (χ1) is 9.21. The van der Waals surface area contributed by atoms with Crippen molar-refractivity contribution in [3.63, 3.8) is 0 Å². The van der Waals surface area contributed by atoms with Gasteiger partial charge in [-0.15, -0.1) is 0 Å². The van der Waals surface area contributed by atoms with Crippen LogP contribution in [0, 0.1) is 11.3 Å². The van der Waals surface area contributed by atoms with E-state index >= 15 is 0 Å². The Labute approximate surface area is 118 Å². The second-order valence-corrected chi connectivity index (χ2v) is 5.12. The molecule has 2 atom stereocenters. The van der Waals surface area contributed by atoms with Gasteiger partial charge in [0.15, 0.2) is 0 Å². The lowest BCUT2D eigenvalue weighted by Crippen LogP contribution is -2.49. The smallest absolute Gasteiger partial charge is 0.103 e. The summed E-state index contributed by atoms with van der Waals surface area (Å²) in [4.78, 5) is 2.18. The van der Waals surface area contributed by atoms with Crippen LogP contribution in [0.4, 0.5) is 5.69 Å². The number of hydrogen-bond acceptors (Lipinski definition) is 4. The number of anilines is 1. The lowest BCUT2D eigenvalue weighted by Gasteiger charge is -2.40. The molecular weight excluding hydrogens is 262 g/mol. The van der Waals surface area contributed by atoms with Gasteiger partial charge in [0.1, 0.15) is 6.07 Å². The Morgan fingerprint density at radius 2 is 2.37 bits per heavy atom. The molecule has 0 aliphatic carbocycles. The van der Waals surface area contributed by atoms with E-state index in [4.69, 9.17) is 22.1 Å². The number of hydrogen-bond donors (Lipinski definition) is 1. The molecule has 4 nitrogen and oxygen atoms in total. The molecular formula is C14H18ClN3O. The second kappa shape index (κ2) is 6.25. The van der Waals surface area contributed by atoms with Crippen LogP contribution in [0.2, 0.25) is 5.02 Å². The number of ether oxygens (including phenoxy) is 1. The molecule has 0 spiro atoms. The molecule has 1 aliphatic rings. The van der Waals surface area contributed by atoms with E-state index in [-0.39, 0.29) is 12.1 Å². The fourth-order valence-corrected chi connectivity index (χ4v) is 2.84. The third-order valence-corrected chi connectivity index (χ3v) is 4.00. The lowest BCUT2D eigenvalue weighted by molar-refractivity contribution is 0.0709. The molecule has 2 rings (SSSR count). The summed E-state index contributed by atoms with van der Waals surface area (Å²) in [6.07, 6.45) is 2.06. The largest absolute Gasteiger partial charge is 0.381 e. The minimum absolute atomic E-state index is 0.185. The Morgan fingerprint density at radius 1 is 1.58 bits per heavy atom. The van der Waals surface area contributed by atoms with E-state index in [9.17, 15) is 5.26 Å². The summed E-state index contributed by atoms with van der Waals surface area (Å²) in [5.74, 6) is 0. The van der Waals surface area contributed by atoms with Crippen molar-refractivity contribution in [2.45, 2.75) is 25.0 Å². The summed E-state index contributed by atoms with van der Waals surface area (Å²) in [6.45, 7) is 1.37. The average molecular weight is 280 g/mol. The molecule has 2 unspecified atom stereocenters. The molecule has 1 aliphatic heterocycles. The molecule has 1 aromatic rings. The molecule has 0 radical (unpaired) electrons. The Balaban J connectivity index is 2.31. The summed E-state index contributed by atoms with van der Waals surface area (Å²) >= 11 is 6.09. The van der Waals surface area contributed by atoms with Crippen LogP contribution in [0.5, 0.6) is 0 Å². The van der Waals surface area contributed by atoms with Gasteiger partial charge in [-0.25, -0.2) is 0 Å². The highest BCUT2D eigenvalue weighted by Crippen LogP contribution is 2.31.